The Labute approximate surface area is 154 Å². The van der Waals surface area contributed by atoms with E-state index in [4.69, 9.17) is 4.74 Å². The van der Waals surface area contributed by atoms with Crippen LogP contribution in [0.25, 0.3) is 0 Å². The second-order valence-corrected chi connectivity index (χ2v) is 7.61. The molecule has 2 N–H and O–H groups in total. The van der Waals surface area contributed by atoms with Gasteiger partial charge < -0.3 is 10.1 Å². The topological polar surface area (TPSA) is 84.5 Å². The van der Waals surface area contributed by atoms with Crippen LogP contribution in [0.2, 0.25) is 0 Å². The lowest BCUT2D eigenvalue weighted by atomic mass is 10.0. The average Bonchev–Trinajstić information content (AvgIpc) is 2.64. The van der Waals surface area contributed by atoms with Crippen molar-refractivity contribution in [1.29, 1.82) is 0 Å². The van der Waals surface area contributed by atoms with E-state index in [9.17, 15) is 13.2 Å². The van der Waals surface area contributed by atoms with Gasteiger partial charge in [0.25, 0.3) is 5.91 Å². The van der Waals surface area contributed by atoms with Crippen molar-refractivity contribution in [3.63, 3.8) is 0 Å². The quantitative estimate of drug-likeness (QED) is 0.741. The Morgan fingerprint density at radius 3 is 2.54 bits per heavy atom. The van der Waals surface area contributed by atoms with E-state index < -0.39 is 16.1 Å². The van der Waals surface area contributed by atoms with Crippen molar-refractivity contribution < 1.29 is 17.9 Å². The number of hydrogen-bond acceptors (Lipinski definition) is 4. The van der Waals surface area contributed by atoms with Crippen LogP contribution in [0.15, 0.2) is 53.4 Å². The van der Waals surface area contributed by atoms with Crippen LogP contribution in [0.3, 0.4) is 0 Å². The van der Waals surface area contributed by atoms with E-state index in [-0.39, 0.29) is 17.4 Å². The molecule has 2 aromatic carbocycles. The molecule has 0 aromatic heterocycles. The molecule has 6 nitrogen and oxygen atoms in total. The molecule has 1 amide bonds. The molecule has 0 aliphatic carbocycles. The number of amides is 1. The monoisotopic (exact) mass is 376 g/mol. The molecule has 0 radical (unpaired) electrons. The molecule has 1 unspecified atom stereocenters. The first kappa shape index (κ1) is 19.9. The van der Waals surface area contributed by atoms with Crippen LogP contribution in [-0.2, 0) is 14.8 Å². The molecule has 2 aromatic rings. The van der Waals surface area contributed by atoms with Gasteiger partial charge in [-0.1, -0.05) is 37.3 Å². The third-order valence-corrected chi connectivity index (χ3v) is 5.41. The van der Waals surface area contributed by atoms with E-state index in [0.717, 1.165) is 5.56 Å². The molecule has 0 bridgehead atoms. The molecule has 7 heteroatoms. The van der Waals surface area contributed by atoms with Gasteiger partial charge in [0, 0.05) is 12.6 Å². The lowest BCUT2D eigenvalue weighted by Crippen LogP contribution is -2.29. The van der Waals surface area contributed by atoms with Crippen LogP contribution < -0.4 is 14.8 Å². The minimum Gasteiger partial charge on any atom is -0.483 e. The summed E-state index contributed by atoms with van der Waals surface area (Å²) in [6.45, 7) is 3.60. The second kappa shape index (κ2) is 8.82. The predicted molar refractivity (Wildman–Crippen MR) is 101 cm³/mol. The third-order valence-electron chi connectivity index (χ3n) is 3.94. The summed E-state index contributed by atoms with van der Waals surface area (Å²) in [4.78, 5) is 11.7. The normalized spacial score (nSPS) is 12.4. The zero-order valence-electron chi connectivity index (χ0n) is 15.2. The molecule has 0 spiro atoms. The molecule has 1 atom stereocenters. The number of benzene rings is 2. The number of likely N-dealkylation sites (N-methyl/N-ethyl adjacent to an activating group) is 1. The number of sulfonamides is 1. The summed E-state index contributed by atoms with van der Waals surface area (Å²) in [7, 11) is -2.15. The summed E-state index contributed by atoms with van der Waals surface area (Å²) in [6.07, 6.45) is 0.533. The van der Waals surface area contributed by atoms with Gasteiger partial charge in [-0.2, -0.15) is 0 Å². The Bertz CT molecular complexity index is 865. The van der Waals surface area contributed by atoms with E-state index in [1.54, 1.807) is 36.4 Å². The zero-order valence-corrected chi connectivity index (χ0v) is 16.0. The Hall–Kier alpha value is -2.38. The number of ether oxygens (including phenoxy) is 1. The number of rotatable bonds is 8. The fourth-order valence-electron chi connectivity index (χ4n) is 2.52. The molecule has 0 saturated carbocycles. The Balaban J connectivity index is 2.27. The predicted octanol–water partition coefficient (Wildman–Crippen LogP) is 2.55. The van der Waals surface area contributed by atoms with Crippen molar-refractivity contribution in [3.05, 3.63) is 59.7 Å². The minimum absolute atomic E-state index is 0.130. The number of carbonyl (C=O) groups excluding carboxylic acids is 1. The van der Waals surface area contributed by atoms with Crippen molar-refractivity contribution in [3.8, 4) is 5.75 Å². The molecular formula is C19H24N2O4S. The van der Waals surface area contributed by atoms with Gasteiger partial charge in [-0.25, -0.2) is 13.1 Å². The van der Waals surface area contributed by atoms with Gasteiger partial charge in [0.05, 0.1) is 10.9 Å². The minimum atomic E-state index is -3.68. The summed E-state index contributed by atoms with van der Waals surface area (Å²) < 4.78 is 33.8. The average molecular weight is 376 g/mol. The third kappa shape index (κ3) is 5.06. The maximum atomic E-state index is 12.7. The van der Waals surface area contributed by atoms with Crippen LogP contribution in [0.1, 0.15) is 30.5 Å². The standard InChI is InChI=1S/C19H24N2O4S/c1-4-17(21-26(23,24)15-9-7-8-14(2)12-15)16-10-5-6-11-18(16)25-13-19(22)20-3/h5-12,17,21H,4,13H2,1-3H3,(H,20,22). The highest BCUT2D eigenvalue weighted by molar-refractivity contribution is 7.89. The van der Waals surface area contributed by atoms with Crippen LogP contribution in [0.4, 0.5) is 0 Å². The Morgan fingerprint density at radius 1 is 1.15 bits per heavy atom. The fraction of sp³-hybridized carbons (Fsp3) is 0.316. The summed E-state index contributed by atoms with van der Waals surface area (Å²) in [5.74, 6) is 0.225. The van der Waals surface area contributed by atoms with Crippen molar-refractivity contribution in [2.24, 2.45) is 0 Å². The summed E-state index contributed by atoms with van der Waals surface area (Å²) in [6, 6.07) is 13.4. The summed E-state index contributed by atoms with van der Waals surface area (Å²) >= 11 is 0. The van der Waals surface area contributed by atoms with E-state index in [1.165, 1.54) is 7.05 Å². The number of carbonyl (C=O) groups is 1. The fourth-order valence-corrected chi connectivity index (χ4v) is 3.92. The number of nitrogens with one attached hydrogen (secondary N) is 2. The molecule has 0 saturated heterocycles. The molecule has 0 heterocycles. The lowest BCUT2D eigenvalue weighted by Gasteiger charge is -2.20. The maximum Gasteiger partial charge on any atom is 0.257 e. The van der Waals surface area contributed by atoms with Gasteiger partial charge in [-0.15, -0.1) is 0 Å². The molecule has 140 valence electrons. The molecule has 26 heavy (non-hydrogen) atoms. The van der Waals surface area contributed by atoms with Crippen LogP contribution in [0, 0.1) is 6.92 Å². The maximum absolute atomic E-state index is 12.7. The molecule has 0 aliphatic heterocycles. The van der Waals surface area contributed by atoms with Gasteiger partial charge in [-0.3, -0.25) is 4.79 Å². The number of para-hydroxylation sites is 1. The zero-order chi connectivity index (χ0) is 19.2. The molecule has 0 fully saturated rings. The van der Waals surface area contributed by atoms with Crippen molar-refractivity contribution in [1.82, 2.24) is 10.0 Å². The van der Waals surface area contributed by atoms with Crippen LogP contribution >= 0.6 is 0 Å². The lowest BCUT2D eigenvalue weighted by molar-refractivity contribution is -0.122. The van der Waals surface area contributed by atoms with Crippen molar-refractivity contribution in [2.75, 3.05) is 13.7 Å². The van der Waals surface area contributed by atoms with Gasteiger partial charge in [-0.05, 0) is 37.1 Å². The Morgan fingerprint density at radius 2 is 1.88 bits per heavy atom. The first-order valence-electron chi connectivity index (χ1n) is 8.38. The van der Waals surface area contributed by atoms with E-state index in [1.807, 2.05) is 26.0 Å². The highest BCUT2D eigenvalue weighted by Gasteiger charge is 2.22. The van der Waals surface area contributed by atoms with Crippen LogP contribution in [0.5, 0.6) is 5.75 Å². The second-order valence-electron chi connectivity index (χ2n) is 5.90. The largest absolute Gasteiger partial charge is 0.483 e. The van der Waals surface area contributed by atoms with Gasteiger partial charge in [0.15, 0.2) is 6.61 Å². The van der Waals surface area contributed by atoms with E-state index >= 15 is 0 Å². The highest BCUT2D eigenvalue weighted by atomic mass is 32.2. The van der Waals surface area contributed by atoms with E-state index in [2.05, 4.69) is 10.0 Å². The Kier molecular flexibility index (Phi) is 6.76. The number of aryl methyl sites for hydroxylation is 1. The van der Waals surface area contributed by atoms with E-state index in [0.29, 0.717) is 17.7 Å². The highest BCUT2D eigenvalue weighted by Crippen LogP contribution is 2.28. The van der Waals surface area contributed by atoms with Gasteiger partial charge in [0.2, 0.25) is 10.0 Å². The number of hydrogen-bond donors (Lipinski definition) is 2. The first-order chi connectivity index (χ1) is 12.4. The SMILES string of the molecule is CCC(NS(=O)(=O)c1cccc(C)c1)c1ccccc1OCC(=O)NC. The molecule has 0 aliphatic rings. The first-order valence-corrected chi connectivity index (χ1v) is 9.87. The van der Waals surface area contributed by atoms with Crippen LogP contribution in [-0.4, -0.2) is 28.0 Å². The summed E-state index contributed by atoms with van der Waals surface area (Å²) in [5.41, 5.74) is 1.56. The summed E-state index contributed by atoms with van der Waals surface area (Å²) in [5, 5.41) is 2.49. The molecular weight excluding hydrogens is 352 g/mol. The van der Waals surface area contributed by atoms with Gasteiger partial charge >= 0.3 is 0 Å². The van der Waals surface area contributed by atoms with Crippen molar-refractivity contribution in [2.45, 2.75) is 31.2 Å². The van der Waals surface area contributed by atoms with Gasteiger partial charge in [0.1, 0.15) is 5.75 Å². The van der Waals surface area contributed by atoms with Crippen molar-refractivity contribution >= 4 is 15.9 Å². The molecule has 2 rings (SSSR count). The smallest absolute Gasteiger partial charge is 0.257 e.